The van der Waals surface area contributed by atoms with E-state index in [1.54, 1.807) is 24.3 Å². The summed E-state index contributed by atoms with van der Waals surface area (Å²) in [5.41, 5.74) is 1.21. The van der Waals surface area contributed by atoms with Crippen LogP contribution in [0.1, 0.15) is 19.3 Å². The molecule has 2 rings (SSSR count). The van der Waals surface area contributed by atoms with E-state index in [9.17, 15) is 14.4 Å². The maximum absolute atomic E-state index is 11.9. The van der Waals surface area contributed by atoms with Crippen LogP contribution in [0.5, 0.6) is 0 Å². The topological polar surface area (TPSA) is 99.8 Å². The number of urea groups is 1. The molecule has 0 aliphatic carbocycles. The van der Waals surface area contributed by atoms with Crippen LogP contribution in [0.4, 0.5) is 16.2 Å². The van der Waals surface area contributed by atoms with Gasteiger partial charge in [-0.05, 0) is 37.1 Å². The van der Waals surface area contributed by atoms with E-state index in [4.69, 9.17) is 4.74 Å². The molecule has 0 saturated carbocycles. The first-order valence-corrected chi connectivity index (χ1v) is 8.30. The number of methoxy groups -OCH3 is 1. The Bertz CT molecular complexity index is 597. The van der Waals surface area contributed by atoms with Gasteiger partial charge in [-0.3, -0.25) is 9.59 Å². The van der Waals surface area contributed by atoms with Gasteiger partial charge in [0.05, 0.1) is 0 Å². The number of hydrogen-bond donors (Lipinski definition) is 3. The average molecular weight is 348 g/mol. The zero-order chi connectivity index (χ0) is 18.1. The predicted octanol–water partition coefficient (Wildman–Crippen LogP) is 1.41. The van der Waals surface area contributed by atoms with Crippen molar-refractivity contribution in [2.45, 2.75) is 19.3 Å². The van der Waals surface area contributed by atoms with Crippen molar-refractivity contribution < 1.29 is 19.1 Å². The second-order valence-electron chi connectivity index (χ2n) is 5.78. The van der Waals surface area contributed by atoms with Crippen molar-refractivity contribution in [2.75, 3.05) is 44.0 Å². The third-order valence-corrected chi connectivity index (χ3v) is 3.79. The number of likely N-dealkylation sites (tertiary alicyclic amines) is 1. The molecule has 25 heavy (non-hydrogen) atoms. The Balaban J connectivity index is 1.69. The molecule has 3 N–H and O–H groups in total. The Labute approximate surface area is 146 Å². The van der Waals surface area contributed by atoms with Crippen molar-refractivity contribution in [3.05, 3.63) is 24.3 Å². The van der Waals surface area contributed by atoms with Crippen molar-refractivity contribution in [3.63, 3.8) is 0 Å². The number of amides is 4. The molecule has 8 nitrogen and oxygen atoms in total. The van der Waals surface area contributed by atoms with Crippen LogP contribution in [0.3, 0.4) is 0 Å². The van der Waals surface area contributed by atoms with Gasteiger partial charge < -0.3 is 25.6 Å². The number of benzene rings is 1. The molecule has 1 aromatic carbocycles. The highest BCUT2D eigenvalue weighted by molar-refractivity contribution is 5.93. The first kappa shape index (κ1) is 18.7. The molecule has 1 fully saturated rings. The van der Waals surface area contributed by atoms with Gasteiger partial charge in [0.15, 0.2) is 0 Å². The Kier molecular flexibility index (Phi) is 7.21. The zero-order valence-electron chi connectivity index (χ0n) is 14.3. The van der Waals surface area contributed by atoms with E-state index in [0.29, 0.717) is 24.3 Å². The highest BCUT2D eigenvalue weighted by Gasteiger charge is 2.17. The molecule has 0 bridgehead atoms. The summed E-state index contributed by atoms with van der Waals surface area (Å²) in [6, 6.07) is 6.35. The van der Waals surface area contributed by atoms with E-state index in [2.05, 4.69) is 16.0 Å². The number of anilines is 2. The number of ether oxygens (including phenoxy) is 1. The number of hydrogen-bond acceptors (Lipinski definition) is 4. The summed E-state index contributed by atoms with van der Waals surface area (Å²) in [4.78, 5) is 36.9. The summed E-state index contributed by atoms with van der Waals surface area (Å²) >= 11 is 0. The maximum Gasteiger partial charge on any atom is 0.319 e. The summed E-state index contributed by atoms with van der Waals surface area (Å²) in [6.45, 7) is 1.92. The van der Waals surface area contributed by atoms with Gasteiger partial charge in [0.25, 0.3) is 0 Å². The normalized spacial score (nSPS) is 13.4. The minimum absolute atomic E-state index is 0.0153. The molecular weight excluding hydrogens is 324 g/mol. The van der Waals surface area contributed by atoms with Crippen LogP contribution < -0.4 is 16.0 Å². The molecular formula is C17H24N4O4. The SMILES string of the molecule is COCC(=O)Nc1ccc(NC(=O)NCCC(=O)N2CCCC2)cc1. The number of carbonyl (C=O) groups excluding carboxylic acids is 3. The fraction of sp³-hybridized carbons (Fsp3) is 0.471. The Morgan fingerprint density at radius 1 is 1.04 bits per heavy atom. The molecule has 1 aliphatic heterocycles. The molecule has 0 atom stereocenters. The summed E-state index contributed by atoms with van der Waals surface area (Å²) in [7, 11) is 1.45. The number of nitrogens with zero attached hydrogens (tertiary/aromatic N) is 1. The van der Waals surface area contributed by atoms with Crippen LogP contribution in [-0.4, -0.2) is 56.1 Å². The molecule has 1 aromatic rings. The van der Waals surface area contributed by atoms with Gasteiger partial charge in [0.1, 0.15) is 6.61 Å². The van der Waals surface area contributed by atoms with Gasteiger partial charge in [-0.25, -0.2) is 4.79 Å². The highest BCUT2D eigenvalue weighted by atomic mass is 16.5. The molecule has 136 valence electrons. The minimum atomic E-state index is -0.370. The smallest absolute Gasteiger partial charge is 0.319 e. The van der Waals surface area contributed by atoms with E-state index >= 15 is 0 Å². The van der Waals surface area contributed by atoms with Crippen molar-refractivity contribution >= 4 is 29.2 Å². The molecule has 1 saturated heterocycles. The number of nitrogens with one attached hydrogen (secondary N) is 3. The van der Waals surface area contributed by atoms with Crippen LogP contribution >= 0.6 is 0 Å². The van der Waals surface area contributed by atoms with Crippen LogP contribution in [0.15, 0.2) is 24.3 Å². The minimum Gasteiger partial charge on any atom is -0.375 e. The molecule has 8 heteroatoms. The third kappa shape index (κ3) is 6.42. The predicted molar refractivity (Wildman–Crippen MR) is 94.4 cm³/mol. The van der Waals surface area contributed by atoms with E-state index in [1.807, 2.05) is 4.90 Å². The average Bonchev–Trinajstić information content (AvgIpc) is 3.11. The molecule has 0 spiro atoms. The lowest BCUT2D eigenvalue weighted by Crippen LogP contribution is -2.34. The van der Waals surface area contributed by atoms with Crippen molar-refractivity contribution in [2.24, 2.45) is 0 Å². The van der Waals surface area contributed by atoms with Crippen LogP contribution in [0, 0.1) is 0 Å². The monoisotopic (exact) mass is 348 g/mol. The Hall–Kier alpha value is -2.61. The zero-order valence-corrected chi connectivity index (χ0v) is 14.3. The first-order valence-electron chi connectivity index (χ1n) is 8.30. The molecule has 1 aliphatic rings. The first-order chi connectivity index (χ1) is 12.1. The fourth-order valence-electron chi connectivity index (χ4n) is 2.55. The fourth-order valence-corrected chi connectivity index (χ4v) is 2.55. The third-order valence-electron chi connectivity index (χ3n) is 3.79. The molecule has 0 unspecified atom stereocenters. The molecule has 0 aromatic heterocycles. The van der Waals surface area contributed by atoms with Gasteiger partial charge in [-0.15, -0.1) is 0 Å². The number of rotatable bonds is 7. The van der Waals surface area contributed by atoms with Crippen LogP contribution in [-0.2, 0) is 14.3 Å². The number of carbonyl (C=O) groups is 3. The van der Waals surface area contributed by atoms with E-state index in [-0.39, 0.29) is 24.5 Å². The van der Waals surface area contributed by atoms with E-state index < -0.39 is 0 Å². The summed E-state index contributed by atoms with van der Waals surface area (Å²) in [5, 5.41) is 8.01. The molecule has 0 radical (unpaired) electrons. The van der Waals surface area contributed by atoms with E-state index in [0.717, 1.165) is 25.9 Å². The lowest BCUT2D eigenvalue weighted by molar-refractivity contribution is -0.130. The largest absolute Gasteiger partial charge is 0.375 e. The van der Waals surface area contributed by atoms with Crippen molar-refractivity contribution in [1.82, 2.24) is 10.2 Å². The van der Waals surface area contributed by atoms with E-state index in [1.165, 1.54) is 7.11 Å². The van der Waals surface area contributed by atoms with Gasteiger partial charge in [-0.2, -0.15) is 0 Å². The lowest BCUT2D eigenvalue weighted by atomic mass is 10.3. The molecule has 4 amide bonds. The summed E-state index contributed by atoms with van der Waals surface area (Å²) < 4.78 is 4.73. The van der Waals surface area contributed by atoms with Gasteiger partial charge in [-0.1, -0.05) is 0 Å². The van der Waals surface area contributed by atoms with Crippen molar-refractivity contribution in [1.29, 1.82) is 0 Å². The second-order valence-corrected chi connectivity index (χ2v) is 5.78. The second kappa shape index (κ2) is 9.63. The maximum atomic E-state index is 11.9. The van der Waals surface area contributed by atoms with Gasteiger partial charge in [0, 0.05) is 44.5 Å². The quantitative estimate of drug-likeness (QED) is 0.693. The lowest BCUT2D eigenvalue weighted by Gasteiger charge is -2.15. The van der Waals surface area contributed by atoms with Crippen LogP contribution in [0.25, 0.3) is 0 Å². The summed E-state index contributed by atoms with van der Waals surface area (Å²) in [5.74, 6) is -0.169. The summed E-state index contributed by atoms with van der Waals surface area (Å²) in [6.07, 6.45) is 2.42. The Morgan fingerprint density at radius 3 is 2.24 bits per heavy atom. The van der Waals surface area contributed by atoms with Crippen molar-refractivity contribution in [3.8, 4) is 0 Å². The standard InChI is InChI=1S/C17H24N4O4/c1-25-12-15(22)19-13-4-6-14(7-5-13)20-17(24)18-9-8-16(23)21-10-2-3-11-21/h4-7H,2-3,8-12H2,1H3,(H,19,22)(H2,18,20,24). The van der Waals surface area contributed by atoms with Crippen LogP contribution in [0.2, 0.25) is 0 Å². The van der Waals surface area contributed by atoms with Gasteiger partial charge in [0.2, 0.25) is 11.8 Å². The highest BCUT2D eigenvalue weighted by Crippen LogP contribution is 2.13. The van der Waals surface area contributed by atoms with Gasteiger partial charge >= 0.3 is 6.03 Å². The molecule has 1 heterocycles. The Morgan fingerprint density at radius 2 is 1.64 bits per heavy atom.